The van der Waals surface area contributed by atoms with Gasteiger partial charge in [0, 0.05) is 16.8 Å². The Morgan fingerprint density at radius 2 is 1.71 bits per heavy atom. The van der Waals surface area contributed by atoms with Gasteiger partial charge in [-0.2, -0.15) is 4.37 Å². The van der Waals surface area contributed by atoms with Crippen molar-refractivity contribution in [2.75, 3.05) is 10.6 Å². The monoisotopic (exact) mass is 515 g/mol. The van der Waals surface area contributed by atoms with Crippen molar-refractivity contribution in [2.45, 2.75) is 37.8 Å². The lowest BCUT2D eigenvalue weighted by atomic mass is 10.0. The molecular weight excluding hydrogens is 493 g/mol. The summed E-state index contributed by atoms with van der Waals surface area (Å²) in [6.45, 7) is 0. The Kier molecular flexibility index (Phi) is 7.32. The lowest BCUT2D eigenvalue weighted by Gasteiger charge is -2.32. The molecule has 11 heteroatoms. The molecule has 1 fully saturated rings. The Labute approximate surface area is 210 Å². The van der Waals surface area contributed by atoms with E-state index in [4.69, 9.17) is 23.1 Å². The molecule has 1 aliphatic carbocycles. The number of nitrogens with zero attached hydrogens (tertiary/aromatic N) is 2. The van der Waals surface area contributed by atoms with Crippen LogP contribution in [0.5, 0.6) is 0 Å². The number of benzene rings is 2. The minimum Gasteiger partial charge on any atom is -0.395 e. The summed E-state index contributed by atoms with van der Waals surface area (Å²) in [6, 6.07) is 10.5. The fraction of sp³-hybridized carbons (Fsp3) is 0.250. The van der Waals surface area contributed by atoms with Crippen molar-refractivity contribution >= 4 is 52.2 Å². The summed E-state index contributed by atoms with van der Waals surface area (Å²) < 4.78 is 17.7. The molecule has 0 bridgehead atoms. The van der Waals surface area contributed by atoms with Gasteiger partial charge in [-0.1, -0.05) is 36.6 Å². The molecule has 0 aliphatic heterocycles. The van der Waals surface area contributed by atoms with Gasteiger partial charge in [0.2, 0.25) is 5.91 Å². The van der Waals surface area contributed by atoms with Crippen LogP contribution in [0.4, 0.5) is 15.8 Å². The molecule has 1 heterocycles. The number of nitrogen functional groups attached to an aromatic ring is 1. The lowest BCUT2D eigenvalue weighted by Crippen LogP contribution is -2.46. The van der Waals surface area contributed by atoms with Crippen LogP contribution in [-0.4, -0.2) is 28.1 Å². The average Bonchev–Trinajstić information content (AvgIpc) is 3.48. The van der Waals surface area contributed by atoms with Gasteiger partial charge in [-0.25, -0.2) is 4.39 Å². The Bertz CT molecular complexity index is 1240. The number of nitrogens with one attached hydrogen (secondary N) is 1. The maximum Gasteiger partial charge on any atom is 0.273 e. The maximum atomic E-state index is 13.9. The van der Waals surface area contributed by atoms with Crippen LogP contribution in [0.25, 0.3) is 0 Å². The van der Waals surface area contributed by atoms with E-state index in [0.29, 0.717) is 22.1 Å². The molecule has 1 aliphatic rings. The minimum absolute atomic E-state index is 0.0163. The summed E-state index contributed by atoms with van der Waals surface area (Å²) in [6.07, 6.45) is 3.69. The summed E-state index contributed by atoms with van der Waals surface area (Å²) in [5.74, 6) is -2.47. The standard InChI is InChI=1S/C24H23ClFN5O3S/c25-14-7-5-13(6-8-14)20(23(33)29-16-3-1-2-4-16)31(17-11-9-15(26)10-12-17)24(34)21-18(27)19(22(28)32)30-35-21/h5-12,16,20H,1-4,27H2,(H2,28,32)(H,29,33). The zero-order chi connectivity index (χ0) is 25.1. The van der Waals surface area contributed by atoms with Crippen molar-refractivity contribution in [1.29, 1.82) is 0 Å². The van der Waals surface area contributed by atoms with Crippen LogP contribution in [-0.2, 0) is 4.79 Å². The summed E-state index contributed by atoms with van der Waals surface area (Å²) in [5.41, 5.74) is 11.7. The number of aromatic nitrogens is 1. The SMILES string of the molecule is NC(=O)c1nsc(C(=O)N(c2ccc(F)cc2)C(C(=O)NC2CCCC2)c2ccc(Cl)cc2)c1N. The second-order valence-electron chi connectivity index (χ2n) is 8.23. The minimum atomic E-state index is -1.13. The van der Waals surface area contributed by atoms with Gasteiger partial charge in [-0.15, -0.1) is 0 Å². The van der Waals surface area contributed by atoms with Crippen LogP contribution < -0.4 is 21.7 Å². The third kappa shape index (κ3) is 5.28. The molecule has 1 atom stereocenters. The van der Waals surface area contributed by atoms with Crippen LogP contribution in [0.15, 0.2) is 48.5 Å². The molecule has 0 radical (unpaired) electrons. The molecule has 1 aromatic heterocycles. The van der Waals surface area contributed by atoms with Gasteiger partial charge >= 0.3 is 0 Å². The van der Waals surface area contributed by atoms with E-state index in [1.165, 1.54) is 29.2 Å². The van der Waals surface area contributed by atoms with Gasteiger partial charge in [-0.05, 0) is 66.3 Å². The van der Waals surface area contributed by atoms with Crippen molar-refractivity contribution in [3.8, 4) is 0 Å². The maximum absolute atomic E-state index is 13.9. The van der Waals surface area contributed by atoms with E-state index >= 15 is 0 Å². The van der Waals surface area contributed by atoms with Gasteiger partial charge in [0.1, 0.15) is 16.7 Å². The smallest absolute Gasteiger partial charge is 0.273 e. The van der Waals surface area contributed by atoms with Gasteiger partial charge < -0.3 is 16.8 Å². The van der Waals surface area contributed by atoms with Crippen molar-refractivity contribution in [3.63, 3.8) is 0 Å². The van der Waals surface area contributed by atoms with E-state index in [1.54, 1.807) is 24.3 Å². The first kappa shape index (κ1) is 24.6. The third-order valence-electron chi connectivity index (χ3n) is 5.87. The Morgan fingerprint density at radius 1 is 1.09 bits per heavy atom. The molecule has 1 saturated carbocycles. The van der Waals surface area contributed by atoms with Gasteiger partial charge in [0.05, 0.1) is 5.69 Å². The lowest BCUT2D eigenvalue weighted by molar-refractivity contribution is -0.123. The molecule has 2 aromatic carbocycles. The van der Waals surface area contributed by atoms with Crippen molar-refractivity contribution < 1.29 is 18.8 Å². The van der Waals surface area contributed by atoms with Crippen LogP contribution in [0, 0.1) is 5.82 Å². The van der Waals surface area contributed by atoms with Crippen LogP contribution in [0.3, 0.4) is 0 Å². The number of halogens is 2. The number of anilines is 2. The molecule has 1 unspecified atom stereocenters. The first-order valence-electron chi connectivity index (χ1n) is 11.0. The number of amides is 3. The summed E-state index contributed by atoms with van der Waals surface area (Å²) in [4.78, 5) is 40.4. The Morgan fingerprint density at radius 3 is 2.29 bits per heavy atom. The molecule has 0 spiro atoms. The highest BCUT2D eigenvalue weighted by atomic mass is 35.5. The number of rotatable bonds is 7. The second-order valence-corrected chi connectivity index (χ2v) is 9.44. The number of carbonyl (C=O) groups excluding carboxylic acids is 3. The molecule has 3 amide bonds. The van der Waals surface area contributed by atoms with Crippen molar-refractivity contribution in [3.05, 3.63) is 75.5 Å². The Balaban J connectivity index is 1.84. The summed E-state index contributed by atoms with van der Waals surface area (Å²) in [7, 11) is 0. The van der Waals surface area contributed by atoms with Crippen LogP contribution >= 0.6 is 23.1 Å². The number of carbonyl (C=O) groups is 3. The van der Waals surface area contributed by atoms with E-state index in [9.17, 15) is 18.8 Å². The highest BCUT2D eigenvalue weighted by molar-refractivity contribution is 7.09. The molecule has 8 nitrogen and oxygen atoms in total. The second kappa shape index (κ2) is 10.4. The molecule has 5 N–H and O–H groups in total. The zero-order valence-electron chi connectivity index (χ0n) is 18.5. The molecule has 182 valence electrons. The van der Waals surface area contributed by atoms with Crippen LogP contribution in [0.1, 0.15) is 57.4 Å². The van der Waals surface area contributed by atoms with E-state index < -0.39 is 29.6 Å². The van der Waals surface area contributed by atoms with E-state index in [-0.39, 0.29) is 28.0 Å². The van der Waals surface area contributed by atoms with E-state index in [1.807, 2.05) is 0 Å². The quantitative estimate of drug-likeness (QED) is 0.436. The predicted octanol–water partition coefficient (Wildman–Crippen LogP) is 4.06. The molecule has 0 saturated heterocycles. The molecular formula is C24H23ClFN5O3S. The number of hydrogen-bond donors (Lipinski definition) is 3. The van der Waals surface area contributed by atoms with Gasteiger partial charge in [0.25, 0.3) is 11.8 Å². The highest BCUT2D eigenvalue weighted by Crippen LogP contribution is 2.34. The molecule has 4 rings (SSSR count). The van der Waals surface area contributed by atoms with E-state index in [2.05, 4.69) is 9.69 Å². The fourth-order valence-corrected chi connectivity index (χ4v) is 5.01. The average molecular weight is 516 g/mol. The normalized spacial score (nSPS) is 14.5. The fourth-order valence-electron chi connectivity index (χ4n) is 4.14. The van der Waals surface area contributed by atoms with Crippen molar-refractivity contribution in [1.82, 2.24) is 9.69 Å². The third-order valence-corrected chi connectivity index (χ3v) is 6.98. The summed E-state index contributed by atoms with van der Waals surface area (Å²) in [5, 5.41) is 3.50. The number of hydrogen-bond acceptors (Lipinski definition) is 6. The zero-order valence-corrected chi connectivity index (χ0v) is 20.1. The predicted molar refractivity (Wildman–Crippen MR) is 133 cm³/mol. The first-order chi connectivity index (χ1) is 16.8. The summed E-state index contributed by atoms with van der Waals surface area (Å²) >= 11 is 6.77. The largest absolute Gasteiger partial charge is 0.395 e. The highest BCUT2D eigenvalue weighted by Gasteiger charge is 2.37. The van der Waals surface area contributed by atoms with Crippen LogP contribution in [0.2, 0.25) is 5.02 Å². The van der Waals surface area contributed by atoms with Gasteiger partial charge in [0.15, 0.2) is 5.69 Å². The van der Waals surface area contributed by atoms with E-state index in [0.717, 1.165) is 25.7 Å². The first-order valence-corrected chi connectivity index (χ1v) is 12.1. The molecule has 35 heavy (non-hydrogen) atoms. The number of nitrogens with two attached hydrogens (primary N) is 2. The number of primary amides is 1. The van der Waals surface area contributed by atoms with Crippen molar-refractivity contribution in [2.24, 2.45) is 5.73 Å². The topological polar surface area (TPSA) is 131 Å². The molecule has 3 aromatic rings. The van der Waals surface area contributed by atoms with Gasteiger partial charge in [-0.3, -0.25) is 19.3 Å². The Hall–Kier alpha value is -3.50.